The van der Waals surface area contributed by atoms with Crippen LogP contribution in [0.25, 0.3) is 0 Å². The van der Waals surface area contributed by atoms with Crippen molar-refractivity contribution >= 4 is 23.0 Å². The van der Waals surface area contributed by atoms with E-state index >= 15 is 0 Å². The Morgan fingerprint density at radius 3 is 2.29 bits per heavy atom. The average Bonchev–Trinajstić information content (AvgIpc) is 2.46. The largest absolute Gasteiger partial charge is 0.379 e. The minimum atomic E-state index is -0.477. The van der Waals surface area contributed by atoms with Gasteiger partial charge in [0.1, 0.15) is 11.4 Å². The molecule has 112 valence electrons. The van der Waals surface area contributed by atoms with Gasteiger partial charge in [0, 0.05) is 24.7 Å². The number of hydrogen-bond acceptors (Lipinski definition) is 5. The number of hydrogen-bond donors (Lipinski definition) is 2. The number of nitrogens with one attached hydrogen (secondary N) is 2. The Bertz CT molecular complexity index is 690. The first-order valence-corrected chi connectivity index (χ1v) is 7.07. The molecule has 0 radical (unpaired) electrons. The van der Waals surface area contributed by atoms with Crippen molar-refractivity contribution in [3.63, 3.8) is 0 Å². The van der Waals surface area contributed by atoms with E-state index in [-0.39, 0.29) is 0 Å². The molecule has 0 aliphatic rings. The van der Waals surface area contributed by atoms with Gasteiger partial charge in [0.15, 0.2) is 0 Å². The number of likely N-dealkylation sites (N-methyl/N-ethyl adjacent to an activating group) is 1. The highest BCUT2D eigenvalue weighted by molar-refractivity contribution is 6.31. The van der Waals surface area contributed by atoms with Crippen LogP contribution in [0.15, 0.2) is 33.9 Å². The summed E-state index contributed by atoms with van der Waals surface area (Å²) in [5, 5.41) is 6.63. The Hall–Kier alpha value is -1.85. The molecular weight excluding hydrogens is 290 g/mol. The molecule has 2 N–H and O–H groups in total. The molecule has 0 heterocycles. The molecule has 0 amide bonds. The van der Waals surface area contributed by atoms with Crippen molar-refractivity contribution < 1.29 is 0 Å². The lowest BCUT2D eigenvalue weighted by molar-refractivity contribution is 0.425. The second-order valence-electron chi connectivity index (χ2n) is 5.08. The van der Waals surface area contributed by atoms with Crippen LogP contribution in [0.5, 0.6) is 0 Å². The number of nitrogens with zero attached hydrogens (tertiary/aromatic N) is 1. The molecular formula is C15H18ClN3O2. The molecule has 0 aliphatic heterocycles. The molecule has 0 saturated carbocycles. The maximum atomic E-state index is 11.6. The predicted octanol–water partition coefficient (Wildman–Crippen LogP) is 1.52. The first-order valence-electron chi connectivity index (χ1n) is 6.70. The smallest absolute Gasteiger partial charge is 0.253 e. The molecule has 0 aromatic heterocycles. The number of rotatable bonds is 7. The van der Waals surface area contributed by atoms with E-state index in [1.807, 2.05) is 37.2 Å². The fourth-order valence-corrected chi connectivity index (χ4v) is 2.16. The minimum absolute atomic E-state index is 0.346. The van der Waals surface area contributed by atoms with E-state index in [1.54, 1.807) is 6.07 Å². The van der Waals surface area contributed by atoms with E-state index < -0.39 is 10.9 Å². The summed E-state index contributed by atoms with van der Waals surface area (Å²) >= 11 is 6.06. The lowest BCUT2D eigenvalue weighted by atomic mass is 10.1. The lowest BCUT2D eigenvalue weighted by Crippen LogP contribution is -2.38. The summed E-state index contributed by atoms with van der Waals surface area (Å²) in [6.07, 6.45) is 0. The molecule has 0 unspecified atom stereocenters. The van der Waals surface area contributed by atoms with Crippen LogP contribution in [-0.2, 0) is 6.54 Å². The van der Waals surface area contributed by atoms with Gasteiger partial charge in [-0.2, -0.15) is 0 Å². The molecule has 0 atom stereocenters. The summed E-state index contributed by atoms with van der Waals surface area (Å²) in [5.41, 5.74) is 0.656. The number of halogens is 1. The van der Waals surface area contributed by atoms with Gasteiger partial charge in [-0.3, -0.25) is 9.59 Å². The maximum Gasteiger partial charge on any atom is 0.253 e. The quantitative estimate of drug-likeness (QED) is 0.760. The highest BCUT2D eigenvalue weighted by Crippen LogP contribution is 2.19. The maximum absolute atomic E-state index is 11.6. The van der Waals surface area contributed by atoms with Gasteiger partial charge in [-0.1, -0.05) is 29.8 Å². The van der Waals surface area contributed by atoms with Gasteiger partial charge in [0.05, 0.1) is 0 Å². The molecule has 0 fully saturated rings. The van der Waals surface area contributed by atoms with Crippen LogP contribution in [0, 0.1) is 0 Å². The summed E-state index contributed by atoms with van der Waals surface area (Å²) in [6, 6.07) is 7.38. The van der Waals surface area contributed by atoms with Crippen LogP contribution in [-0.4, -0.2) is 32.1 Å². The fraction of sp³-hybridized carbons (Fsp3) is 0.333. The van der Waals surface area contributed by atoms with Crippen molar-refractivity contribution in [2.24, 2.45) is 0 Å². The zero-order chi connectivity index (χ0) is 15.4. The first kappa shape index (κ1) is 15.5. The van der Waals surface area contributed by atoms with Crippen molar-refractivity contribution in [1.29, 1.82) is 0 Å². The number of anilines is 2. The van der Waals surface area contributed by atoms with Crippen LogP contribution in [0.4, 0.5) is 11.4 Å². The fourth-order valence-electron chi connectivity index (χ4n) is 1.96. The van der Waals surface area contributed by atoms with E-state index in [0.717, 1.165) is 12.1 Å². The Labute approximate surface area is 128 Å². The molecule has 5 nitrogen and oxygen atoms in total. The van der Waals surface area contributed by atoms with Gasteiger partial charge < -0.3 is 15.5 Å². The summed E-state index contributed by atoms with van der Waals surface area (Å²) in [4.78, 5) is 25.2. The van der Waals surface area contributed by atoms with E-state index in [0.29, 0.717) is 29.5 Å². The molecule has 2 rings (SSSR count). The second-order valence-corrected chi connectivity index (χ2v) is 5.49. The molecule has 6 heteroatoms. The highest BCUT2D eigenvalue weighted by Gasteiger charge is 2.20. The van der Waals surface area contributed by atoms with Crippen molar-refractivity contribution in [3.05, 3.63) is 55.3 Å². The van der Waals surface area contributed by atoms with Gasteiger partial charge in [-0.05, 0) is 25.7 Å². The van der Waals surface area contributed by atoms with E-state index in [1.165, 1.54) is 0 Å². The third-order valence-corrected chi connectivity index (χ3v) is 3.55. The Balaban J connectivity index is 2.01. The third kappa shape index (κ3) is 3.62. The average molecular weight is 308 g/mol. The highest BCUT2D eigenvalue weighted by atomic mass is 35.5. The van der Waals surface area contributed by atoms with Gasteiger partial charge in [0.25, 0.3) is 10.9 Å². The Morgan fingerprint density at radius 2 is 1.67 bits per heavy atom. The van der Waals surface area contributed by atoms with E-state index in [2.05, 4.69) is 10.6 Å². The molecule has 2 aromatic carbocycles. The van der Waals surface area contributed by atoms with Crippen LogP contribution in [0.1, 0.15) is 5.56 Å². The number of benzene rings is 1. The van der Waals surface area contributed by atoms with Crippen LogP contribution >= 0.6 is 11.6 Å². The molecule has 21 heavy (non-hydrogen) atoms. The van der Waals surface area contributed by atoms with Gasteiger partial charge in [-0.15, -0.1) is 0 Å². The van der Waals surface area contributed by atoms with E-state index in [9.17, 15) is 9.59 Å². The molecule has 0 spiro atoms. The minimum Gasteiger partial charge on any atom is -0.379 e. The Kier molecular flexibility index (Phi) is 4.98. The summed E-state index contributed by atoms with van der Waals surface area (Å²) < 4.78 is 0. The van der Waals surface area contributed by atoms with Crippen LogP contribution in [0.2, 0.25) is 5.02 Å². The summed E-state index contributed by atoms with van der Waals surface area (Å²) in [6.45, 7) is 1.80. The predicted molar refractivity (Wildman–Crippen MR) is 87.2 cm³/mol. The van der Waals surface area contributed by atoms with Gasteiger partial charge in [0.2, 0.25) is 0 Å². The normalized spacial score (nSPS) is 11.0. The topological polar surface area (TPSA) is 61.4 Å². The SMILES string of the molecule is CN(C)CCNc1c(NCc2ccccc2Cl)c(=O)c1=O. The zero-order valence-corrected chi connectivity index (χ0v) is 12.8. The molecule has 2 aromatic rings. The van der Waals surface area contributed by atoms with Crippen LogP contribution < -0.4 is 21.5 Å². The van der Waals surface area contributed by atoms with Crippen LogP contribution in [0.3, 0.4) is 0 Å². The van der Waals surface area contributed by atoms with Crippen molar-refractivity contribution in [1.82, 2.24) is 4.90 Å². The van der Waals surface area contributed by atoms with Crippen molar-refractivity contribution in [2.45, 2.75) is 6.54 Å². The van der Waals surface area contributed by atoms with Crippen molar-refractivity contribution in [2.75, 3.05) is 37.8 Å². The monoisotopic (exact) mass is 307 g/mol. The zero-order valence-electron chi connectivity index (χ0n) is 12.1. The van der Waals surface area contributed by atoms with Gasteiger partial charge in [-0.25, -0.2) is 0 Å². The van der Waals surface area contributed by atoms with Crippen molar-refractivity contribution in [3.8, 4) is 0 Å². The molecule has 0 saturated heterocycles. The van der Waals surface area contributed by atoms with E-state index in [4.69, 9.17) is 11.6 Å². The summed E-state index contributed by atoms with van der Waals surface area (Å²) in [5.74, 6) is 0. The first-order chi connectivity index (χ1) is 10.0. The second kappa shape index (κ2) is 6.74. The Morgan fingerprint density at radius 1 is 1.05 bits per heavy atom. The standard InChI is InChI=1S/C15H18ClN3O2/c1-19(2)8-7-17-12-13(15(21)14(12)20)18-9-10-5-3-4-6-11(10)16/h3-6,17-18H,7-9H2,1-2H3. The lowest BCUT2D eigenvalue weighted by Gasteiger charge is -2.16. The summed E-state index contributed by atoms with van der Waals surface area (Å²) in [7, 11) is 3.89. The van der Waals surface area contributed by atoms with Gasteiger partial charge >= 0.3 is 0 Å². The molecule has 0 aliphatic carbocycles. The molecule has 0 bridgehead atoms. The third-order valence-electron chi connectivity index (χ3n) is 3.18.